The third-order valence-corrected chi connectivity index (χ3v) is 6.12. The minimum atomic E-state index is 0.540. The molecule has 1 unspecified atom stereocenters. The van der Waals surface area contributed by atoms with Crippen molar-refractivity contribution in [3.8, 4) is 0 Å². The van der Waals surface area contributed by atoms with Crippen LogP contribution in [0.15, 0.2) is 75.1 Å². The van der Waals surface area contributed by atoms with Crippen LogP contribution < -0.4 is 5.32 Å². The molecule has 0 amide bonds. The second-order valence-electron chi connectivity index (χ2n) is 9.07. The van der Waals surface area contributed by atoms with Gasteiger partial charge in [0.05, 0.1) is 0 Å². The highest BCUT2D eigenvalue weighted by molar-refractivity contribution is 6.31. The number of hydrogen-bond acceptors (Lipinski definition) is 3. The molecule has 3 nitrogen and oxygen atoms in total. The third-order valence-electron chi connectivity index (χ3n) is 5.88. The van der Waals surface area contributed by atoms with E-state index >= 15 is 0 Å². The normalized spacial score (nSPS) is 19.3. The number of allylic oxidation sites excluding steroid dienone is 11. The summed E-state index contributed by atoms with van der Waals surface area (Å²) in [4.78, 5) is 7.16. The molecule has 0 aromatic carbocycles. The highest BCUT2D eigenvalue weighted by atomic mass is 35.5. The van der Waals surface area contributed by atoms with Gasteiger partial charge in [0.1, 0.15) is 0 Å². The predicted octanol–water partition coefficient (Wildman–Crippen LogP) is 9.12. The summed E-state index contributed by atoms with van der Waals surface area (Å²) in [6, 6.07) is 0.540. The molecule has 0 aliphatic carbocycles. The van der Waals surface area contributed by atoms with E-state index in [2.05, 4.69) is 95.8 Å². The summed E-state index contributed by atoms with van der Waals surface area (Å²) in [5, 5.41) is 4.33. The van der Waals surface area contributed by atoms with Crippen molar-refractivity contribution in [2.45, 2.75) is 100 Å². The quantitative estimate of drug-likeness (QED) is 0.225. The fraction of sp³-hybridized carbons (Fsp3) is 0.581. The van der Waals surface area contributed by atoms with E-state index in [0.717, 1.165) is 56.1 Å². The molecule has 198 valence electrons. The van der Waals surface area contributed by atoms with Crippen LogP contribution in [0.2, 0.25) is 0 Å². The maximum atomic E-state index is 5.98. The van der Waals surface area contributed by atoms with Crippen LogP contribution in [0.4, 0.5) is 0 Å². The van der Waals surface area contributed by atoms with Crippen LogP contribution in [0.3, 0.4) is 0 Å². The molecule has 1 aliphatic rings. The fourth-order valence-corrected chi connectivity index (χ4v) is 4.29. The molecular formula is C31H52ClN3. The van der Waals surface area contributed by atoms with Crippen LogP contribution in [-0.2, 0) is 0 Å². The summed E-state index contributed by atoms with van der Waals surface area (Å²) in [6.07, 6.45) is 19.7. The van der Waals surface area contributed by atoms with Crippen molar-refractivity contribution < 1.29 is 0 Å². The lowest BCUT2D eigenvalue weighted by Gasteiger charge is -2.35. The first-order chi connectivity index (χ1) is 16.7. The van der Waals surface area contributed by atoms with E-state index in [1.54, 1.807) is 0 Å². The van der Waals surface area contributed by atoms with Gasteiger partial charge < -0.3 is 10.2 Å². The van der Waals surface area contributed by atoms with Crippen LogP contribution in [0.25, 0.3) is 0 Å². The van der Waals surface area contributed by atoms with Gasteiger partial charge in [-0.2, -0.15) is 0 Å². The first kappa shape index (κ1) is 33.2. The number of piperazine rings is 1. The average molecular weight is 502 g/mol. The van der Waals surface area contributed by atoms with E-state index in [9.17, 15) is 0 Å². The Kier molecular flexibility index (Phi) is 19.3. The Labute approximate surface area is 222 Å². The summed E-state index contributed by atoms with van der Waals surface area (Å²) < 4.78 is 0. The summed E-state index contributed by atoms with van der Waals surface area (Å²) >= 11 is 5.98. The molecule has 1 atom stereocenters. The van der Waals surface area contributed by atoms with E-state index in [0.29, 0.717) is 6.04 Å². The van der Waals surface area contributed by atoms with Crippen LogP contribution >= 0.6 is 11.6 Å². The van der Waals surface area contributed by atoms with Crippen LogP contribution in [0, 0.1) is 0 Å². The molecule has 4 heteroatoms. The van der Waals surface area contributed by atoms with Crippen molar-refractivity contribution in [3.05, 3.63) is 70.1 Å². The van der Waals surface area contributed by atoms with Gasteiger partial charge in [0.25, 0.3) is 0 Å². The molecule has 0 spiro atoms. The maximum absolute atomic E-state index is 5.98. The number of nitrogens with one attached hydrogen (secondary N) is 1. The Morgan fingerprint density at radius 1 is 1.09 bits per heavy atom. The molecule has 0 radical (unpaired) electrons. The van der Waals surface area contributed by atoms with E-state index in [1.807, 2.05) is 24.4 Å². The highest BCUT2D eigenvalue weighted by Crippen LogP contribution is 2.23. The zero-order valence-corrected chi connectivity index (χ0v) is 24.8. The second-order valence-corrected chi connectivity index (χ2v) is 9.50. The molecule has 1 heterocycles. The van der Waals surface area contributed by atoms with E-state index in [1.165, 1.54) is 28.8 Å². The van der Waals surface area contributed by atoms with Crippen molar-refractivity contribution >= 4 is 17.3 Å². The summed E-state index contributed by atoms with van der Waals surface area (Å²) in [5.41, 5.74) is 6.51. The highest BCUT2D eigenvalue weighted by Gasteiger charge is 2.20. The van der Waals surface area contributed by atoms with E-state index in [-0.39, 0.29) is 0 Å². The second kappa shape index (κ2) is 20.4. The number of rotatable bonds is 11. The summed E-state index contributed by atoms with van der Waals surface area (Å²) in [5.74, 6) is 0. The zero-order chi connectivity index (χ0) is 26.6. The Balaban J connectivity index is 0.000000761. The number of halogens is 1. The maximum Gasteiger partial charge on any atom is 0.0464 e. The lowest BCUT2D eigenvalue weighted by atomic mass is 9.96. The van der Waals surface area contributed by atoms with Gasteiger partial charge in [-0.15, -0.1) is 0 Å². The Bertz CT molecular complexity index is 809. The molecule has 0 bridgehead atoms. The van der Waals surface area contributed by atoms with Crippen molar-refractivity contribution in [2.75, 3.05) is 19.6 Å². The molecule has 1 fully saturated rings. The SMILES string of the molecule is CC/C=C/C=C(Cl)\C=C(/C)CCC.C\C=C(CC)/C(C(/C)=N/C=C/CC)=C(/C)N1CCNC(C)C1. The molecule has 35 heavy (non-hydrogen) atoms. The molecule has 0 aromatic rings. The van der Waals surface area contributed by atoms with Crippen molar-refractivity contribution in [3.63, 3.8) is 0 Å². The van der Waals surface area contributed by atoms with Gasteiger partial charge in [-0.25, -0.2) is 0 Å². The van der Waals surface area contributed by atoms with E-state index < -0.39 is 0 Å². The summed E-state index contributed by atoms with van der Waals surface area (Å²) in [7, 11) is 0. The van der Waals surface area contributed by atoms with Crippen molar-refractivity contribution in [2.24, 2.45) is 4.99 Å². The minimum Gasteiger partial charge on any atom is -0.372 e. The molecule has 1 saturated heterocycles. The molecule has 1 aliphatic heterocycles. The van der Waals surface area contributed by atoms with Gasteiger partial charge in [-0.1, -0.05) is 75.6 Å². The largest absolute Gasteiger partial charge is 0.372 e. The zero-order valence-electron chi connectivity index (χ0n) is 24.0. The van der Waals surface area contributed by atoms with E-state index in [4.69, 9.17) is 11.6 Å². The predicted molar refractivity (Wildman–Crippen MR) is 160 cm³/mol. The van der Waals surface area contributed by atoms with Crippen molar-refractivity contribution in [1.82, 2.24) is 10.2 Å². The topological polar surface area (TPSA) is 27.6 Å². The van der Waals surface area contributed by atoms with Gasteiger partial charge >= 0.3 is 0 Å². The van der Waals surface area contributed by atoms with Crippen LogP contribution in [-0.4, -0.2) is 36.3 Å². The lowest BCUT2D eigenvalue weighted by molar-refractivity contribution is 0.255. The third kappa shape index (κ3) is 14.3. The van der Waals surface area contributed by atoms with Gasteiger partial charge in [-0.05, 0) is 78.0 Å². The minimum absolute atomic E-state index is 0.540. The molecule has 0 saturated carbocycles. The molecule has 0 aromatic heterocycles. The van der Waals surface area contributed by atoms with Crippen LogP contribution in [0.1, 0.15) is 94.4 Å². The van der Waals surface area contributed by atoms with Gasteiger partial charge in [0, 0.05) is 53.9 Å². The number of aliphatic imine (C=N–C) groups is 1. The number of nitrogens with zero attached hydrogens (tertiary/aromatic N) is 2. The lowest BCUT2D eigenvalue weighted by Crippen LogP contribution is -2.48. The molecule has 1 rings (SSSR count). The Morgan fingerprint density at radius 3 is 2.31 bits per heavy atom. The van der Waals surface area contributed by atoms with Gasteiger partial charge in [0.15, 0.2) is 0 Å². The van der Waals surface area contributed by atoms with Gasteiger partial charge in [-0.3, -0.25) is 4.99 Å². The first-order valence-electron chi connectivity index (χ1n) is 13.5. The molecule has 1 N–H and O–H groups in total. The average Bonchev–Trinajstić information content (AvgIpc) is 2.82. The first-order valence-corrected chi connectivity index (χ1v) is 13.9. The molecular weight excluding hydrogens is 450 g/mol. The number of hydrogen-bond donors (Lipinski definition) is 1. The Morgan fingerprint density at radius 2 is 1.77 bits per heavy atom. The Hall–Kier alpha value is -1.84. The monoisotopic (exact) mass is 501 g/mol. The summed E-state index contributed by atoms with van der Waals surface area (Å²) in [6.45, 7) is 22.7. The van der Waals surface area contributed by atoms with Crippen molar-refractivity contribution in [1.29, 1.82) is 0 Å². The standard InChI is InChI=1S/C19H33N3.C12H19Cl/c1-7-10-11-21-16(5)19(18(8-2)9-3)17(6)22-13-12-20-15(4)14-22;1-4-6-7-9-12(13)10-11(3)8-5-2/h8,10-11,15,20H,7,9,12-14H2,1-6H3;6-7,9-10H,4-5,8H2,1-3H3/b11-10+,18-8-,19-17-,21-16+;7-6+,11-10+,12-9+. The smallest absolute Gasteiger partial charge is 0.0464 e. The van der Waals surface area contributed by atoms with Crippen LogP contribution in [0.5, 0.6) is 0 Å². The van der Waals surface area contributed by atoms with Gasteiger partial charge in [0.2, 0.25) is 0 Å². The fourth-order valence-electron chi connectivity index (χ4n) is 4.03.